The van der Waals surface area contributed by atoms with Crippen LogP contribution in [0.5, 0.6) is 5.75 Å². The monoisotopic (exact) mass is 518 g/mol. The lowest BCUT2D eigenvalue weighted by Crippen LogP contribution is -2.09. The van der Waals surface area contributed by atoms with Crippen LogP contribution in [-0.4, -0.2) is 21.7 Å². The number of benzene rings is 5. The highest BCUT2D eigenvalue weighted by molar-refractivity contribution is 7.91. The number of rotatable bonds is 8. The molecule has 0 saturated heterocycles. The lowest BCUT2D eigenvalue weighted by atomic mass is 10.1. The van der Waals surface area contributed by atoms with Crippen LogP contribution in [0.25, 0.3) is 0 Å². The van der Waals surface area contributed by atoms with Crippen LogP contribution in [0.15, 0.2) is 148 Å². The molecule has 0 bridgehead atoms. The van der Waals surface area contributed by atoms with Gasteiger partial charge in [0.1, 0.15) is 11.4 Å². The van der Waals surface area contributed by atoms with Gasteiger partial charge in [-0.1, -0.05) is 66.7 Å². The number of ether oxygens (including phenoxy) is 1. The van der Waals surface area contributed by atoms with E-state index in [2.05, 4.69) is 34.2 Å². The second-order valence-corrected chi connectivity index (χ2v) is 10.5. The fourth-order valence-electron chi connectivity index (χ4n) is 4.13. The first-order valence-corrected chi connectivity index (χ1v) is 13.6. The maximum Gasteiger partial charge on any atom is 0.206 e. The van der Waals surface area contributed by atoms with Gasteiger partial charge in [0, 0.05) is 23.3 Å². The number of hydrogen-bond acceptors (Lipinski definition) is 5. The Labute approximate surface area is 223 Å². The molecule has 0 atom stereocenters. The van der Waals surface area contributed by atoms with E-state index >= 15 is 0 Å². The molecule has 0 aliphatic heterocycles. The van der Waals surface area contributed by atoms with Gasteiger partial charge in [-0.3, -0.25) is 4.99 Å². The largest absolute Gasteiger partial charge is 0.494 e. The predicted octanol–water partition coefficient (Wildman–Crippen LogP) is 7.75. The van der Waals surface area contributed by atoms with E-state index in [0.29, 0.717) is 11.4 Å². The van der Waals surface area contributed by atoms with E-state index < -0.39 is 9.84 Å². The normalized spacial score (nSPS) is 11.4. The van der Waals surface area contributed by atoms with Gasteiger partial charge >= 0.3 is 0 Å². The Morgan fingerprint density at radius 2 is 1.16 bits per heavy atom. The molecule has 0 saturated carbocycles. The Kier molecular flexibility index (Phi) is 7.33. The molecule has 0 fully saturated rings. The predicted molar refractivity (Wildman–Crippen MR) is 153 cm³/mol. The summed E-state index contributed by atoms with van der Waals surface area (Å²) < 4.78 is 31.6. The van der Waals surface area contributed by atoms with E-state index in [-0.39, 0.29) is 9.79 Å². The minimum atomic E-state index is -3.67. The number of methoxy groups -OCH3 is 1. The lowest BCUT2D eigenvalue weighted by Gasteiger charge is -2.25. The summed E-state index contributed by atoms with van der Waals surface area (Å²) in [6, 6.07) is 41.5. The van der Waals surface area contributed by atoms with Crippen LogP contribution < -0.4 is 9.64 Å². The molecule has 5 aromatic carbocycles. The summed E-state index contributed by atoms with van der Waals surface area (Å²) in [5, 5.41) is 0. The second-order valence-electron chi connectivity index (χ2n) is 8.51. The maximum absolute atomic E-state index is 13.1. The standard InChI is InChI=1S/C32H26N2O3S/c1-37-32-22-21-30(38(35,36)29-15-9-4-10-16-29)23-31(32)33-24-25-17-19-28(20-18-25)34(26-11-5-2-6-12-26)27-13-7-3-8-14-27/h2-24H,1H3. The molecule has 0 aliphatic carbocycles. The van der Waals surface area contributed by atoms with E-state index in [1.165, 1.54) is 13.2 Å². The summed E-state index contributed by atoms with van der Waals surface area (Å²) in [6.45, 7) is 0. The van der Waals surface area contributed by atoms with Crippen molar-refractivity contribution < 1.29 is 13.2 Å². The summed E-state index contributed by atoms with van der Waals surface area (Å²) in [5.41, 5.74) is 4.42. The van der Waals surface area contributed by atoms with Gasteiger partial charge < -0.3 is 9.64 Å². The van der Waals surface area contributed by atoms with Crippen LogP contribution in [0.4, 0.5) is 22.7 Å². The summed E-state index contributed by atoms with van der Waals surface area (Å²) in [5.74, 6) is 0.490. The van der Waals surface area contributed by atoms with Crippen LogP contribution in [0.3, 0.4) is 0 Å². The van der Waals surface area contributed by atoms with Crippen LogP contribution in [0.1, 0.15) is 5.56 Å². The van der Waals surface area contributed by atoms with Gasteiger partial charge in [0.05, 0.1) is 16.9 Å². The SMILES string of the molecule is COc1ccc(S(=O)(=O)c2ccccc2)cc1N=Cc1ccc(N(c2ccccc2)c2ccccc2)cc1. The third-order valence-corrected chi connectivity index (χ3v) is 7.81. The van der Waals surface area contributed by atoms with Gasteiger partial charge in [-0.25, -0.2) is 8.42 Å². The molecule has 188 valence electrons. The van der Waals surface area contributed by atoms with Crippen molar-refractivity contribution in [3.63, 3.8) is 0 Å². The molecule has 5 aromatic rings. The van der Waals surface area contributed by atoms with Gasteiger partial charge in [-0.15, -0.1) is 0 Å². The minimum absolute atomic E-state index is 0.161. The molecule has 0 aromatic heterocycles. The Hall–Kier alpha value is -4.68. The third kappa shape index (κ3) is 5.36. The summed E-state index contributed by atoms with van der Waals surface area (Å²) in [7, 11) is -2.13. The Bertz CT molecular complexity index is 1600. The zero-order chi connectivity index (χ0) is 26.4. The molecule has 0 heterocycles. The number of aliphatic imine (C=N–C) groups is 1. The molecule has 0 radical (unpaired) electrons. The fourth-order valence-corrected chi connectivity index (χ4v) is 5.43. The van der Waals surface area contributed by atoms with E-state index in [4.69, 9.17) is 4.74 Å². The second kappa shape index (κ2) is 11.2. The highest BCUT2D eigenvalue weighted by Crippen LogP contribution is 2.35. The first kappa shape index (κ1) is 25.0. The van der Waals surface area contributed by atoms with Crippen LogP contribution in [-0.2, 0) is 9.84 Å². The number of nitrogens with zero attached hydrogens (tertiary/aromatic N) is 2. The van der Waals surface area contributed by atoms with Gasteiger partial charge in [0.25, 0.3) is 0 Å². The van der Waals surface area contributed by atoms with Crippen molar-refractivity contribution in [1.82, 2.24) is 0 Å². The number of para-hydroxylation sites is 2. The van der Waals surface area contributed by atoms with E-state index in [9.17, 15) is 8.42 Å². The maximum atomic E-state index is 13.1. The Morgan fingerprint density at radius 3 is 1.71 bits per heavy atom. The fraction of sp³-hybridized carbons (Fsp3) is 0.0312. The van der Waals surface area contributed by atoms with Crippen molar-refractivity contribution in [2.45, 2.75) is 9.79 Å². The zero-order valence-corrected chi connectivity index (χ0v) is 21.6. The van der Waals surface area contributed by atoms with Gasteiger partial charge in [-0.2, -0.15) is 0 Å². The number of sulfone groups is 1. The smallest absolute Gasteiger partial charge is 0.206 e. The molecule has 0 aliphatic rings. The zero-order valence-electron chi connectivity index (χ0n) is 20.8. The number of anilines is 3. The molecular weight excluding hydrogens is 492 g/mol. The average molecular weight is 519 g/mol. The van der Waals surface area contributed by atoms with E-state index in [0.717, 1.165) is 22.6 Å². The minimum Gasteiger partial charge on any atom is -0.494 e. The van der Waals surface area contributed by atoms with Crippen molar-refractivity contribution in [2.75, 3.05) is 12.0 Å². The van der Waals surface area contributed by atoms with Crippen LogP contribution in [0.2, 0.25) is 0 Å². The first-order chi connectivity index (χ1) is 18.6. The van der Waals surface area contributed by atoms with Crippen molar-refractivity contribution >= 4 is 38.8 Å². The van der Waals surface area contributed by atoms with Crippen LogP contribution >= 0.6 is 0 Å². The van der Waals surface area contributed by atoms with Crippen molar-refractivity contribution in [3.05, 3.63) is 139 Å². The summed E-state index contributed by atoms with van der Waals surface area (Å²) in [4.78, 5) is 7.15. The molecule has 0 unspecified atom stereocenters. The molecule has 0 N–H and O–H groups in total. The molecule has 5 nitrogen and oxygen atoms in total. The van der Waals surface area contributed by atoms with E-state index in [1.807, 2.05) is 60.7 Å². The van der Waals surface area contributed by atoms with Crippen molar-refractivity contribution in [1.29, 1.82) is 0 Å². The van der Waals surface area contributed by atoms with Gasteiger partial charge in [0.2, 0.25) is 9.84 Å². The molecule has 0 amide bonds. The quantitative estimate of drug-likeness (QED) is 0.197. The molecule has 38 heavy (non-hydrogen) atoms. The van der Waals surface area contributed by atoms with Crippen molar-refractivity contribution in [2.24, 2.45) is 4.99 Å². The average Bonchev–Trinajstić information content (AvgIpc) is 2.98. The Morgan fingerprint density at radius 1 is 0.632 bits per heavy atom. The summed E-state index contributed by atoms with van der Waals surface area (Å²) >= 11 is 0. The Balaban J connectivity index is 1.45. The van der Waals surface area contributed by atoms with Crippen LogP contribution in [0, 0.1) is 0 Å². The van der Waals surface area contributed by atoms with Gasteiger partial charge in [-0.05, 0) is 72.3 Å². The topological polar surface area (TPSA) is 59.0 Å². The van der Waals surface area contributed by atoms with E-state index in [1.54, 1.807) is 48.7 Å². The molecule has 0 spiro atoms. The summed E-state index contributed by atoms with van der Waals surface area (Å²) in [6.07, 6.45) is 1.70. The lowest BCUT2D eigenvalue weighted by molar-refractivity contribution is 0.416. The molecule has 6 heteroatoms. The first-order valence-electron chi connectivity index (χ1n) is 12.1. The highest BCUT2D eigenvalue weighted by atomic mass is 32.2. The van der Waals surface area contributed by atoms with Crippen molar-refractivity contribution in [3.8, 4) is 5.75 Å². The molecular formula is C32H26N2O3S. The molecule has 5 rings (SSSR count). The third-order valence-electron chi connectivity index (χ3n) is 6.05. The van der Waals surface area contributed by atoms with Gasteiger partial charge in [0.15, 0.2) is 0 Å². The highest BCUT2D eigenvalue weighted by Gasteiger charge is 2.19. The number of hydrogen-bond donors (Lipinski definition) is 0.